The fourth-order valence-electron chi connectivity index (χ4n) is 4.07. The number of nitrogens with one attached hydrogen (secondary N) is 1. The molecule has 0 bridgehead atoms. The number of aromatic nitrogens is 3. The summed E-state index contributed by atoms with van der Waals surface area (Å²) in [7, 11) is 1.78. The van der Waals surface area contributed by atoms with Crippen molar-refractivity contribution in [3.8, 4) is 0 Å². The Labute approximate surface area is 177 Å². The van der Waals surface area contributed by atoms with Crippen molar-refractivity contribution in [1.82, 2.24) is 19.7 Å². The molecule has 3 heterocycles. The van der Waals surface area contributed by atoms with Crippen molar-refractivity contribution in [3.63, 3.8) is 0 Å². The maximum Gasteiger partial charge on any atom is 0.273 e. The molecule has 3 rings (SSSR count). The maximum absolute atomic E-state index is 12.7. The Kier molecular flexibility index (Phi) is 8.53. The van der Waals surface area contributed by atoms with E-state index in [9.17, 15) is 9.59 Å². The van der Waals surface area contributed by atoms with Crippen LogP contribution in [0.4, 0.5) is 0 Å². The number of carbonyl (C=O) groups excluding carboxylic acids is 1. The lowest BCUT2D eigenvalue weighted by molar-refractivity contribution is -0.133. The van der Waals surface area contributed by atoms with E-state index < -0.39 is 0 Å². The molecule has 0 saturated carbocycles. The molecule has 158 valence electrons. The minimum Gasteiger partial charge on any atom is -0.342 e. The van der Waals surface area contributed by atoms with Crippen LogP contribution in [0, 0.1) is 19.8 Å². The number of fused-ring (bicyclic) bond motifs is 1. The summed E-state index contributed by atoms with van der Waals surface area (Å²) in [6.45, 7) is 7.47. The smallest absolute Gasteiger partial charge is 0.273 e. The molecular formula is C19H31Cl2N5O2. The van der Waals surface area contributed by atoms with Crippen LogP contribution in [0.2, 0.25) is 0 Å². The quantitative estimate of drug-likeness (QED) is 0.775. The van der Waals surface area contributed by atoms with Crippen LogP contribution in [0.15, 0.2) is 4.79 Å². The van der Waals surface area contributed by atoms with E-state index in [2.05, 4.69) is 10.1 Å². The number of halogens is 2. The number of nitrogens with two attached hydrogens (primary N) is 1. The number of piperidine rings is 1. The summed E-state index contributed by atoms with van der Waals surface area (Å²) in [4.78, 5) is 31.4. The minimum absolute atomic E-state index is 0. The fourth-order valence-corrected chi connectivity index (χ4v) is 4.07. The van der Waals surface area contributed by atoms with Crippen molar-refractivity contribution in [2.75, 3.05) is 13.1 Å². The third-order valence-electron chi connectivity index (χ3n) is 5.72. The van der Waals surface area contributed by atoms with Crippen LogP contribution in [0.3, 0.4) is 0 Å². The van der Waals surface area contributed by atoms with Crippen LogP contribution in [0.25, 0.3) is 11.0 Å². The number of carbonyl (C=O) groups is 1. The van der Waals surface area contributed by atoms with Gasteiger partial charge in [0.15, 0.2) is 5.65 Å². The van der Waals surface area contributed by atoms with Gasteiger partial charge in [-0.25, -0.2) is 4.98 Å². The van der Waals surface area contributed by atoms with E-state index in [-0.39, 0.29) is 42.3 Å². The van der Waals surface area contributed by atoms with Gasteiger partial charge in [-0.05, 0) is 57.1 Å². The van der Waals surface area contributed by atoms with E-state index in [1.807, 2.05) is 25.7 Å². The number of aryl methyl sites for hydroxylation is 3. The fraction of sp³-hybridized carbons (Fsp3) is 0.632. The van der Waals surface area contributed by atoms with Gasteiger partial charge >= 0.3 is 0 Å². The molecule has 2 aromatic rings. The molecule has 1 saturated heterocycles. The molecule has 28 heavy (non-hydrogen) atoms. The van der Waals surface area contributed by atoms with Gasteiger partial charge in [-0.1, -0.05) is 0 Å². The molecule has 0 spiro atoms. The van der Waals surface area contributed by atoms with Crippen molar-refractivity contribution in [3.05, 3.63) is 27.2 Å². The van der Waals surface area contributed by atoms with Gasteiger partial charge in [-0.3, -0.25) is 19.4 Å². The van der Waals surface area contributed by atoms with Crippen molar-refractivity contribution in [1.29, 1.82) is 0 Å². The second kappa shape index (κ2) is 9.76. The van der Waals surface area contributed by atoms with Gasteiger partial charge in [0.1, 0.15) is 0 Å². The van der Waals surface area contributed by atoms with Gasteiger partial charge in [0.25, 0.3) is 5.56 Å². The summed E-state index contributed by atoms with van der Waals surface area (Å²) < 4.78 is 1.65. The summed E-state index contributed by atoms with van der Waals surface area (Å²) in [5.41, 5.74) is 9.36. The van der Waals surface area contributed by atoms with Gasteiger partial charge in [-0.2, -0.15) is 0 Å². The largest absolute Gasteiger partial charge is 0.342 e. The third-order valence-corrected chi connectivity index (χ3v) is 5.72. The average Bonchev–Trinajstić information content (AvgIpc) is 2.88. The molecular weight excluding hydrogens is 401 g/mol. The number of likely N-dealkylation sites (tertiary alicyclic amines) is 1. The number of amides is 1. The zero-order valence-electron chi connectivity index (χ0n) is 16.9. The maximum atomic E-state index is 12.7. The predicted molar refractivity (Wildman–Crippen MR) is 117 cm³/mol. The Balaban J connectivity index is 0.00000196. The Morgan fingerprint density at radius 3 is 2.68 bits per heavy atom. The molecule has 2 atom stereocenters. The predicted octanol–water partition coefficient (Wildman–Crippen LogP) is 2.24. The van der Waals surface area contributed by atoms with Crippen LogP contribution in [-0.2, 0) is 18.3 Å². The average molecular weight is 432 g/mol. The number of pyridine rings is 1. The van der Waals surface area contributed by atoms with E-state index in [0.29, 0.717) is 29.8 Å². The first-order valence-electron chi connectivity index (χ1n) is 9.37. The molecule has 1 fully saturated rings. The molecule has 2 aromatic heterocycles. The lowest BCUT2D eigenvalue weighted by Crippen LogP contribution is -2.45. The van der Waals surface area contributed by atoms with Crippen LogP contribution < -0.4 is 11.3 Å². The highest BCUT2D eigenvalue weighted by atomic mass is 35.5. The second-order valence-electron chi connectivity index (χ2n) is 7.60. The molecule has 0 aliphatic carbocycles. The number of aromatic amines is 1. The van der Waals surface area contributed by atoms with E-state index >= 15 is 0 Å². The van der Waals surface area contributed by atoms with Gasteiger partial charge in [-0.15, -0.1) is 24.8 Å². The van der Waals surface area contributed by atoms with E-state index in [1.165, 1.54) is 0 Å². The first kappa shape index (κ1) is 24.5. The number of rotatable bonds is 4. The van der Waals surface area contributed by atoms with Crippen LogP contribution in [-0.4, -0.2) is 44.7 Å². The Hall–Kier alpha value is -1.57. The van der Waals surface area contributed by atoms with E-state index in [0.717, 1.165) is 42.8 Å². The second-order valence-corrected chi connectivity index (χ2v) is 7.60. The van der Waals surface area contributed by atoms with Gasteiger partial charge < -0.3 is 10.6 Å². The summed E-state index contributed by atoms with van der Waals surface area (Å²) in [5.74, 6) is 0.549. The van der Waals surface area contributed by atoms with Crippen LogP contribution >= 0.6 is 24.8 Å². The third kappa shape index (κ3) is 4.70. The first-order valence-corrected chi connectivity index (χ1v) is 9.37. The minimum atomic E-state index is -0.129. The standard InChI is InChI=1S/C19H29N5O2.2ClH/c1-11-15(13(3)21-18-17(11)19(26)22-23(18)4)7-8-16(25)24-9-5-6-14(10-24)12(2)20;;/h12,14H,5-10,20H2,1-4H3,(H,22,26);2*1H. The van der Waals surface area contributed by atoms with Crippen molar-refractivity contribution >= 4 is 41.8 Å². The van der Waals surface area contributed by atoms with Crippen LogP contribution in [0.1, 0.15) is 43.0 Å². The van der Waals surface area contributed by atoms with E-state index in [1.54, 1.807) is 11.7 Å². The summed E-state index contributed by atoms with van der Waals surface area (Å²) in [6.07, 6.45) is 3.15. The monoisotopic (exact) mass is 431 g/mol. The molecule has 1 amide bonds. The molecule has 0 radical (unpaired) electrons. The van der Waals surface area contributed by atoms with Crippen molar-refractivity contribution < 1.29 is 4.79 Å². The molecule has 9 heteroatoms. The van der Waals surface area contributed by atoms with Crippen LogP contribution in [0.5, 0.6) is 0 Å². The number of nitrogens with zero attached hydrogens (tertiary/aromatic N) is 3. The summed E-state index contributed by atoms with van der Waals surface area (Å²) >= 11 is 0. The lowest BCUT2D eigenvalue weighted by atomic mass is 9.91. The molecule has 0 aromatic carbocycles. The molecule has 7 nitrogen and oxygen atoms in total. The molecule has 1 aliphatic rings. The lowest BCUT2D eigenvalue weighted by Gasteiger charge is -2.34. The number of hydrogen-bond donors (Lipinski definition) is 2. The Morgan fingerprint density at radius 1 is 1.36 bits per heavy atom. The van der Waals surface area contributed by atoms with E-state index in [4.69, 9.17) is 5.73 Å². The highest BCUT2D eigenvalue weighted by Gasteiger charge is 2.26. The van der Waals surface area contributed by atoms with Gasteiger partial charge in [0.2, 0.25) is 5.91 Å². The zero-order valence-corrected chi connectivity index (χ0v) is 18.6. The molecule has 3 N–H and O–H groups in total. The number of H-pyrrole nitrogens is 1. The Morgan fingerprint density at radius 2 is 2.04 bits per heavy atom. The Bertz CT molecular complexity index is 891. The highest BCUT2D eigenvalue weighted by molar-refractivity contribution is 5.85. The highest BCUT2D eigenvalue weighted by Crippen LogP contribution is 2.23. The van der Waals surface area contributed by atoms with Gasteiger partial charge in [0, 0.05) is 38.3 Å². The normalized spacial score (nSPS) is 17.8. The number of hydrogen-bond acceptors (Lipinski definition) is 4. The van der Waals surface area contributed by atoms with Crippen molar-refractivity contribution in [2.24, 2.45) is 18.7 Å². The van der Waals surface area contributed by atoms with Gasteiger partial charge in [0.05, 0.1) is 5.39 Å². The zero-order chi connectivity index (χ0) is 19.0. The summed E-state index contributed by atoms with van der Waals surface area (Å²) in [5, 5.41) is 3.38. The summed E-state index contributed by atoms with van der Waals surface area (Å²) in [6, 6.07) is 0.117. The van der Waals surface area contributed by atoms with Crippen molar-refractivity contribution in [2.45, 2.75) is 52.5 Å². The topological polar surface area (TPSA) is 97.0 Å². The SMILES string of the molecule is Cc1nc2c(c(C)c1CCC(=O)N1CCCC(C(C)N)C1)c(=O)[nH]n2C.Cl.Cl. The molecule has 1 aliphatic heterocycles. The molecule has 2 unspecified atom stereocenters. The first-order chi connectivity index (χ1) is 12.3.